The van der Waals surface area contributed by atoms with Gasteiger partial charge >= 0.3 is 0 Å². The maximum absolute atomic E-state index is 12.4. The fourth-order valence-corrected chi connectivity index (χ4v) is 1.08. The average Bonchev–Trinajstić information content (AvgIpc) is 2.17. The molecule has 0 bridgehead atoms. The predicted molar refractivity (Wildman–Crippen MR) is 45.5 cm³/mol. The number of nitrogens with zero attached hydrogens (tertiary/aromatic N) is 2. The van der Waals surface area contributed by atoms with Crippen molar-refractivity contribution < 1.29 is 13.5 Å². The zero-order chi connectivity index (χ0) is 10.7. The van der Waals surface area contributed by atoms with Crippen LogP contribution in [-0.2, 0) is 0 Å². The maximum Gasteiger partial charge on any atom is 0.265 e. The van der Waals surface area contributed by atoms with E-state index in [-0.39, 0.29) is 16.6 Å². The summed E-state index contributed by atoms with van der Waals surface area (Å²) in [5, 5.41) is 8.22. The molecule has 74 valence electrons. The van der Waals surface area contributed by atoms with Crippen LogP contribution < -0.4 is 4.74 Å². The van der Waals surface area contributed by atoms with E-state index in [0.717, 1.165) is 6.07 Å². The Morgan fingerprint density at radius 1 is 1.64 bits per heavy atom. The SMILES string of the molecule is COc1cc(C(F)F)c(Cl)c(C#N)n1. The average molecular weight is 219 g/mol. The Bertz CT molecular complexity index is 390. The third-order valence-electron chi connectivity index (χ3n) is 1.51. The van der Waals surface area contributed by atoms with E-state index in [9.17, 15) is 8.78 Å². The molecule has 0 atom stereocenters. The third-order valence-corrected chi connectivity index (χ3v) is 1.91. The summed E-state index contributed by atoms with van der Waals surface area (Å²) in [5.74, 6) is -0.0544. The minimum Gasteiger partial charge on any atom is -0.481 e. The minimum absolute atomic E-state index is 0.0544. The van der Waals surface area contributed by atoms with E-state index in [1.54, 1.807) is 6.07 Å². The molecule has 1 aromatic heterocycles. The van der Waals surface area contributed by atoms with Crippen molar-refractivity contribution in [3.8, 4) is 11.9 Å². The van der Waals surface area contributed by atoms with Gasteiger partial charge in [-0.2, -0.15) is 5.26 Å². The number of nitriles is 1. The van der Waals surface area contributed by atoms with Gasteiger partial charge in [-0.15, -0.1) is 0 Å². The topological polar surface area (TPSA) is 45.9 Å². The second kappa shape index (κ2) is 4.20. The monoisotopic (exact) mass is 218 g/mol. The number of pyridine rings is 1. The Hall–Kier alpha value is -1.41. The molecule has 0 fully saturated rings. The highest BCUT2D eigenvalue weighted by molar-refractivity contribution is 6.32. The fourth-order valence-electron chi connectivity index (χ4n) is 0.862. The largest absolute Gasteiger partial charge is 0.481 e. The number of methoxy groups -OCH3 is 1. The Balaban J connectivity index is 3.36. The van der Waals surface area contributed by atoms with Gasteiger partial charge in [-0.3, -0.25) is 0 Å². The van der Waals surface area contributed by atoms with Crippen molar-refractivity contribution in [1.82, 2.24) is 4.98 Å². The summed E-state index contributed by atoms with van der Waals surface area (Å²) in [6, 6.07) is 2.62. The molecule has 0 aliphatic rings. The first-order valence-corrected chi connectivity index (χ1v) is 3.90. The Morgan fingerprint density at radius 2 is 2.29 bits per heavy atom. The summed E-state index contributed by atoms with van der Waals surface area (Å²) in [5.41, 5.74) is -0.712. The lowest BCUT2D eigenvalue weighted by Gasteiger charge is -2.06. The van der Waals surface area contributed by atoms with Crippen molar-refractivity contribution >= 4 is 11.6 Å². The van der Waals surface area contributed by atoms with E-state index in [2.05, 4.69) is 9.72 Å². The number of alkyl halides is 2. The van der Waals surface area contributed by atoms with Crippen LogP contribution in [0.1, 0.15) is 17.7 Å². The van der Waals surface area contributed by atoms with Crippen LogP contribution in [0.25, 0.3) is 0 Å². The smallest absolute Gasteiger partial charge is 0.265 e. The van der Waals surface area contributed by atoms with E-state index in [1.165, 1.54) is 7.11 Å². The first-order valence-electron chi connectivity index (χ1n) is 3.52. The first-order chi connectivity index (χ1) is 6.60. The first kappa shape index (κ1) is 10.7. The van der Waals surface area contributed by atoms with Crippen molar-refractivity contribution in [1.29, 1.82) is 5.26 Å². The van der Waals surface area contributed by atoms with E-state index in [1.807, 2.05) is 0 Å². The molecule has 0 radical (unpaired) electrons. The highest BCUT2D eigenvalue weighted by Gasteiger charge is 2.18. The number of ether oxygens (including phenoxy) is 1. The van der Waals surface area contributed by atoms with Crippen LogP contribution in [0.3, 0.4) is 0 Å². The summed E-state index contributed by atoms with van der Waals surface area (Å²) >= 11 is 5.51. The van der Waals surface area contributed by atoms with E-state index in [4.69, 9.17) is 16.9 Å². The van der Waals surface area contributed by atoms with Gasteiger partial charge in [-0.25, -0.2) is 13.8 Å². The molecule has 0 aromatic carbocycles. The number of hydrogen-bond acceptors (Lipinski definition) is 3. The van der Waals surface area contributed by atoms with Gasteiger partial charge in [0.2, 0.25) is 5.88 Å². The quantitative estimate of drug-likeness (QED) is 0.766. The lowest BCUT2D eigenvalue weighted by molar-refractivity contribution is 0.151. The molecule has 1 heterocycles. The summed E-state index contributed by atoms with van der Waals surface area (Å²) in [6.45, 7) is 0. The van der Waals surface area contributed by atoms with E-state index in [0.29, 0.717) is 0 Å². The Kier molecular flexibility index (Phi) is 3.20. The van der Waals surface area contributed by atoms with Crippen LogP contribution in [0.5, 0.6) is 5.88 Å². The molecular formula is C8H5ClF2N2O. The van der Waals surface area contributed by atoms with Gasteiger partial charge in [0.1, 0.15) is 6.07 Å². The fraction of sp³-hybridized carbons (Fsp3) is 0.250. The van der Waals surface area contributed by atoms with Crippen LogP contribution in [-0.4, -0.2) is 12.1 Å². The number of rotatable bonds is 2. The van der Waals surface area contributed by atoms with Gasteiger partial charge in [0.25, 0.3) is 6.43 Å². The maximum atomic E-state index is 12.4. The molecule has 0 N–H and O–H groups in total. The summed E-state index contributed by atoms with van der Waals surface area (Å²) < 4.78 is 29.4. The summed E-state index contributed by atoms with van der Waals surface area (Å²) in [4.78, 5) is 3.60. The van der Waals surface area contributed by atoms with Gasteiger partial charge in [0.15, 0.2) is 5.69 Å². The van der Waals surface area contributed by atoms with Gasteiger partial charge in [-0.1, -0.05) is 11.6 Å². The molecule has 6 heteroatoms. The van der Waals surface area contributed by atoms with Crippen LogP contribution in [0.2, 0.25) is 5.02 Å². The molecule has 0 unspecified atom stereocenters. The van der Waals surface area contributed by atoms with E-state index < -0.39 is 12.0 Å². The zero-order valence-electron chi connectivity index (χ0n) is 7.09. The van der Waals surface area contributed by atoms with Crippen LogP contribution in [0, 0.1) is 11.3 Å². The summed E-state index contributed by atoms with van der Waals surface area (Å²) in [7, 11) is 1.27. The molecule has 0 aliphatic carbocycles. The molecule has 0 saturated carbocycles. The van der Waals surface area contributed by atoms with Gasteiger partial charge < -0.3 is 4.74 Å². The van der Waals surface area contributed by atoms with Gasteiger partial charge in [-0.05, 0) is 0 Å². The van der Waals surface area contributed by atoms with Crippen molar-refractivity contribution in [2.75, 3.05) is 7.11 Å². The lowest BCUT2D eigenvalue weighted by atomic mass is 10.2. The molecule has 14 heavy (non-hydrogen) atoms. The molecule has 1 rings (SSSR count). The van der Waals surface area contributed by atoms with Crippen molar-refractivity contribution in [3.63, 3.8) is 0 Å². The molecular weight excluding hydrogens is 214 g/mol. The molecule has 0 aliphatic heterocycles. The normalized spacial score (nSPS) is 10.0. The molecule has 0 amide bonds. The Labute approximate surface area is 83.9 Å². The van der Waals surface area contributed by atoms with Gasteiger partial charge in [0.05, 0.1) is 12.1 Å². The molecule has 1 aromatic rings. The minimum atomic E-state index is -2.76. The molecule has 0 spiro atoms. The summed E-state index contributed by atoms with van der Waals surface area (Å²) in [6.07, 6.45) is -2.76. The lowest BCUT2D eigenvalue weighted by Crippen LogP contribution is -1.97. The predicted octanol–water partition coefficient (Wildman–Crippen LogP) is 2.55. The second-order valence-electron chi connectivity index (χ2n) is 2.33. The van der Waals surface area contributed by atoms with E-state index >= 15 is 0 Å². The van der Waals surface area contributed by atoms with Crippen LogP contribution >= 0.6 is 11.6 Å². The van der Waals surface area contributed by atoms with Crippen LogP contribution in [0.4, 0.5) is 8.78 Å². The molecule has 0 saturated heterocycles. The molecule has 3 nitrogen and oxygen atoms in total. The number of hydrogen-bond donors (Lipinski definition) is 0. The number of aromatic nitrogens is 1. The second-order valence-corrected chi connectivity index (χ2v) is 2.71. The Morgan fingerprint density at radius 3 is 2.71 bits per heavy atom. The zero-order valence-corrected chi connectivity index (χ0v) is 7.85. The van der Waals surface area contributed by atoms with Crippen molar-refractivity contribution in [2.24, 2.45) is 0 Å². The van der Waals surface area contributed by atoms with Gasteiger partial charge in [0, 0.05) is 11.6 Å². The highest BCUT2D eigenvalue weighted by atomic mass is 35.5. The van der Waals surface area contributed by atoms with Crippen LogP contribution in [0.15, 0.2) is 6.07 Å². The number of halogens is 3. The third kappa shape index (κ3) is 1.91. The standard InChI is InChI=1S/C8H5ClF2N2O/c1-14-6-2-4(8(10)11)7(9)5(3-12)13-6/h2,8H,1H3. The highest BCUT2D eigenvalue weighted by Crippen LogP contribution is 2.31. The van der Waals surface area contributed by atoms with Crippen molar-refractivity contribution in [3.05, 3.63) is 22.3 Å². The van der Waals surface area contributed by atoms with Crippen molar-refractivity contribution in [2.45, 2.75) is 6.43 Å².